The molecule has 3 aromatic carbocycles. The van der Waals surface area contributed by atoms with Gasteiger partial charge in [-0.05, 0) is 41.1 Å². The minimum absolute atomic E-state index is 0.221. The molecule has 3 aromatic rings. The fourth-order valence-electron chi connectivity index (χ4n) is 2.25. The fraction of sp³-hybridized carbons (Fsp3) is 0.0526. The van der Waals surface area contributed by atoms with E-state index in [0.29, 0.717) is 11.1 Å². The minimum Gasteiger partial charge on any atom is -0.454 e. The van der Waals surface area contributed by atoms with E-state index in [1.165, 1.54) is 0 Å². The van der Waals surface area contributed by atoms with Crippen molar-refractivity contribution in [1.82, 2.24) is 0 Å². The summed E-state index contributed by atoms with van der Waals surface area (Å²) in [6.45, 7) is -0.271. The van der Waals surface area contributed by atoms with Gasteiger partial charge in [0.15, 0.2) is 12.4 Å². The quantitative estimate of drug-likeness (QED) is 0.497. The van der Waals surface area contributed by atoms with Crippen molar-refractivity contribution in [3.05, 3.63) is 82.3 Å². The van der Waals surface area contributed by atoms with Gasteiger partial charge in [0.25, 0.3) is 0 Å². The van der Waals surface area contributed by atoms with E-state index in [-0.39, 0.29) is 12.4 Å². The number of benzene rings is 3. The Morgan fingerprint density at radius 1 is 0.826 bits per heavy atom. The molecule has 0 saturated heterocycles. The Labute approximate surface area is 142 Å². The van der Waals surface area contributed by atoms with Crippen LogP contribution in [0.1, 0.15) is 20.7 Å². The molecule has 0 fully saturated rings. The van der Waals surface area contributed by atoms with E-state index >= 15 is 0 Å². The molecule has 0 aliphatic carbocycles. The number of hydrogen-bond donors (Lipinski definition) is 0. The summed E-state index contributed by atoms with van der Waals surface area (Å²) < 4.78 is 5.97. The number of ketones is 1. The third-order valence-electron chi connectivity index (χ3n) is 3.49. The maximum Gasteiger partial charge on any atom is 0.338 e. The van der Waals surface area contributed by atoms with Crippen molar-refractivity contribution in [1.29, 1.82) is 0 Å². The van der Waals surface area contributed by atoms with E-state index in [0.717, 1.165) is 15.2 Å². The van der Waals surface area contributed by atoms with Crippen LogP contribution in [0.15, 0.2) is 71.2 Å². The molecule has 0 saturated carbocycles. The Hall–Kier alpha value is -2.46. The molecule has 0 amide bonds. The molecule has 23 heavy (non-hydrogen) atoms. The summed E-state index contributed by atoms with van der Waals surface area (Å²) in [6.07, 6.45) is 0. The van der Waals surface area contributed by atoms with Gasteiger partial charge in [0, 0.05) is 10.0 Å². The molecule has 4 heteroatoms. The highest BCUT2D eigenvalue weighted by Gasteiger charge is 2.12. The van der Waals surface area contributed by atoms with E-state index in [1.807, 2.05) is 36.4 Å². The molecule has 0 aliphatic heterocycles. The second-order valence-corrected chi connectivity index (χ2v) is 5.98. The summed E-state index contributed by atoms with van der Waals surface area (Å²) in [5.41, 5.74) is 0.951. The number of Topliss-reactive ketones (excluding diaryl/α,β-unsaturated/α-hetero) is 1. The van der Waals surface area contributed by atoms with Gasteiger partial charge in [-0.15, -0.1) is 0 Å². The van der Waals surface area contributed by atoms with E-state index in [1.54, 1.807) is 30.3 Å². The van der Waals surface area contributed by atoms with Gasteiger partial charge in [-0.2, -0.15) is 0 Å². The summed E-state index contributed by atoms with van der Waals surface area (Å²) >= 11 is 3.30. The van der Waals surface area contributed by atoms with Crippen LogP contribution in [0.5, 0.6) is 0 Å². The standard InChI is InChI=1S/C19H13BrO3/c20-17-9-7-14(8-10-17)19(22)23-12-18(21)16-6-5-13-3-1-2-4-15(13)11-16/h1-11H,12H2. The molecule has 0 atom stereocenters. The van der Waals surface area contributed by atoms with Crippen molar-refractivity contribution in [3.63, 3.8) is 0 Å². The average Bonchev–Trinajstić information content (AvgIpc) is 2.59. The van der Waals surface area contributed by atoms with Crippen LogP contribution in [0.3, 0.4) is 0 Å². The van der Waals surface area contributed by atoms with Crippen LogP contribution in [0, 0.1) is 0 Å². The van der Waals surface area contributed by atoms with Crippen LogP contribution in [0.4, 0.5) is 0 Å². The molecule has 0 aliphatic rings. The molecule has 0 aromatic heterocycles. The second kappa shape index (κ2) is 6.75. The minimum atomic E-state index is -0.508. The fourth-order valence-corrected chi connectivity index (χ4v) is 2.51. The van der Waals surface area contributed by atoms with Crippen LogP contribution in [-0.2, 0) is 4.74 Å². The van der Waals surface area contributed by atoms with E-state index in [4.69, 9.17) is 4.74 Å². The Morgan fingerprint density at radius 3 is 2.22 bits per heavy atom. The first-order valence-electron chi connectivity index (χ1n) is 7.08. The topological polar surface area (TPSA) is 43.4 Å². The van der Waals surface area contributed by atoms with Gasteiger partial charge < -0.3 is 4.74 Å². The van der Waals surface area contributed by atoms with Gasteiger partial charge in [0.2, 0.25) is 0 Å². The molecule has 114 valence electrons. The van der Waals surface area contributed by atoms with Crippen LogP contribution in [0.2, 0.25) is 0 Å². The Kier molecular flexibility index (Phi) is 4.53. The van der Waals surface area contributed by atoms with Crippen LogP contribution >= 0.6 is 15.9 Å². The van der Waals surface area contributed by atoms with Crippen molar-refractivity contribution >= 4 is 38.5 Å². The van der Waals surface area contributed by atoms with Crippen LogP contribution in [0.25, 0.3) is 10.8 Å². The first-order valence-corrected chi connectivity index (χ1v) is 7.87. The number of esters is 1. The lowest BCUT2D eigenvalue weighted by molar-refractivity contribution is 0.0475. The third-order valence-corrected chi connectivity index (χ3v) is 4.01. The summed E-state index contributed by atoms with van der Waals surface area (Å²) in [7, 11) is 0. The SMILES string of the molecule is O=C(COC(=O)c1ccc(Br)cc1)c1ccc2ccccc2c1. The van der Waals surface area contributed by atoms with Crippen molar-refractivity contribution in [2.75, 3.05) is 6.61 Å². The van der Waals surface area contributed by atoms with Gasteiger partial charge in [0.05, 0.1) is 5.56 Å². The van der Waals surface area contributed by atoms with Gasteiger partial charge in [-0.3, -0.25) is 4.79 Å². The maximum atomic E-state index is 12.2. The van der Waals surface area contributed by atoms with E-state index in [9.17, 15) is 9.59 Å². The summed E-state index contributed by atoms with van der Waals surface area (Å²) in [5.74, 6) is -0.729. The van der Waals surface area contributed by atoms with Gasteiger partial charge in [-0.1, -0.05) is 52.3 Å². The molecule has 0 N–H and O–H groups in total. The average molecular weight is 369 g/mol. The first kappa shape index (κ1) is 15.4. The number of hydrogen-bond acceptors (Lipinski definition) is 3. The van der Waals surface area contributed by atoms with Crippen molar-refractivity contribution in [2.24, 2.45) is 0 Å². The zero-order valence-corrected chi connectivity index (χ0v) is 13.7. The van der Waals surface area contributed by atoms with Gasteiger partial charge in [-0.25, -0.2) is 4.79 Å². The zero-order valence-electron chi connectivity index (χ0n) is 12.2. The maximum absolute atomic E-state index is 12.2. The molecule has 0 radical (unpaired) electrons. The predicted octanol–water partition coefficient (Wildman–Crippen LogP) is 4.64. The smallest absolute Gasteiger partial charge is 0.338 e. The zero-order chi connectivity index (χ0) is 16.2. The number of halogens is 1. The summed E-state index contributed by atoms with van der Waals surface area (Å²) in [4.78, 5) is 24.1. The first-order chi connectivity index (χ1) is 11.1. The molecule has 0 spiro atoms. The van der Waals surface area contributed by atoms with Crippen molar-refractivity contribution < 1.29 is 14.3 Å². The molecule has 0 heterocycles. The van der Waals surface area contributed by atoms with Gasteiger partial charge >= 0.3 is 5.97 Å². The molecule has 0 unspecified atom stereocenters. The highest BCUT2D eigenvalue weighted by Crippen LogP contribution is 2.16. The molecule has 0 bridgehead atoms. The predicted molar refractivity (Wildman–Crippen MR) is 92.7 cm³/mol. The van der Waals surface area contributed by atoms with Crippen molar-refractivity contribution in [3.8, 4) is 0 Å². The summed E-state index contributed by atoms with van der Waals surface area (Å²) in [6, 6.07) is 20.0. The van der Waals surface area contributed by atoms with Crippen LogP contribution < -0.4 is 0 Å². The molecule has 3 rings (SSSR count). The molecular weight excluding hydrogens is 356 g/mol. The molecule has 3 nitrogen and oxygen atoms in total. The highest BCUT2D eigenvalue weighted by atomic mass is 79.9. The Bertz CT molecular complexity index is 869. The lowest BCUT2D eigenvalue weighted by Crippen LogP contribution is -2.14. The monoisotopic (exact) mass is 368 g/mol. The summed E-state index contributed by atoms with van der Waals surface area (Å²) in [5, 5.41) is 2.05. The number of carbonyl (C=O) groups is 2. The number of carbonyl (C=O) groups excluding carboxylic acids is 2. The number of ether oxygens (including phenoxy) is 1. The van der Waals surface area contributed by atoms with E-state index < -0.39 is 5.97 Å². The third kappa shape index (κ3) is 3.66. The van der Waals surface area contributed by atoms with Crippen LogP contribution in [-0.4, -0.2) is 18.4 Å². The van der Waals surface area contributed by atoms with E-state index in [2.05, 4.69) is 15.9 Å². The number of fused-ring (bicyclic) bond motifs is 1. The Balaban J connectivity index is 1.68. The Morgan fingerprint density at radius 2 is 1.48 bits per heavy atom. The highest BCUT2D eigenvalue weighted by molar-refractivity contribution is 9.10. The van der Waals surface area contributed by atoms with Crippen molar-refractivity contribution in [2.45, 2.75) is 0 Å². The van der Waals surface area contributed by atoms with Gasteiger partial charge in [0.1, 0.15) is 0 Å². The largest absolute Gasteiger partial charge is 0.454 e. The normalized spacial score (nSPS) is 10.5. The lowest BCUT2D eigenvalue weighted by atomic mass is 10.0. The number of rotatable bonds is 4. The lowest BCUT2D eigenvalue weighted by Gasteiger charge is -2.06. The molecular formula is C19H13BrO3. The second-order valence-electron chi connectivity index (χ2n) is 5.07.